The average Bonchev–Trinajstić information content (AvgIpc) is 3.28. The summed E-state index contributed by atoms with van der Waals surface area (Å²) in [5, 5.41) is 1.78. The third kappa shape index (κ3) is 3.29. The first-order chi connectivity index (χ1) is 13.4. The molecule has 1 saturated heterocycles. The van der Waals surface area contributed by atoms with Gasteiger partial charge in [0.25, 0.3) is 5.56 Å². The second-order valence-corrected chi connectivity index (χ2v) is 7.61. The van der Waals surface area contributed by atoms with Crippen LogP contribution in [0.4, 0.5) is 10.1 Å². The Labute approximate surface area is 163 Å². The molecule has 1 unspecified atom stereocenters. The molecule has 0 saturated carbocycles. The predicted octanol–water partition coefficient (Wildman–Crippen LogP) is 2.14. The van der Waals surface area contributed by atoms with E-state index in [2.05, 4.69) is 9.97 Å². The van der Waals surface area contributed by atoms with Gasteiger partial charge in [-0.3, -0.25) is 14.4 Å². The van der Waals surface area contributed by atoms with Crippen LogP contribution in [0.2, 0.25) is 0 Å². The van der Waals surface area contributed by atoms with E-state index in [1.54, 1.807) is 30.6 Å². The number of carbonyl (C=O) groups is 2. The Hall–Kier alpha value is -3.07. The predicted molar refractivity (Wildman–Crippen MR) is 104 cm³/mol. The van der Waals surface area contributed by atoms with Crippen molar-refractivity contribution in [2.75, 3.05) is 18.5 Å². The van der Waals surface area contributed by atoms with Crippen molar-refractivity contribution in [3.63, 3.8) is 0 Å². The van der Waals surface area contributed by atoms with Crippen LogP contribution < -0.4 is 10.5 Å². The largest absolute Gasteiger partial charge is 0.338 e. The molecule has 28 heavy (non-hydrogen) atoms. The zero-order valence-corrected chi connectivity index (χ0v) is 15.8. The number of para-hydroxylation sites is 1. The quantitative estimate of drug-likeness (QED) is 0.727. The minimum Gasteiger partial charge on any atom is -0.338 e. The highest BCUT2D eigenvalue weighted by molar-refractivity contribution is 7.17. The van der Waals surface area contributed by atoms with Gasteiger partial charge in [-0.2, -0.15) is 0 Å². The van der Waals surface area contributed by atoms with Crippen LogP contribution in [0.25, 0.3) is 10.2 Å². The number of fused-ring (bicyclic) bond motifs is 1. The summed E-state index contributed by atoms with van der Waals surface area (Å²) >= 11 is 1.31. The normalized spacial score (nSPS) is 16.7. The van der Waals surface area contributed by atoms with Crippen LogP contribution >= 0.6 is 11.3 Å². The van der Waals surface area contributed by atoms with Crippen LogP contribution in [0.3, 0.4) is 0 Å². The molecule has 3 heterocycles. The molecular weight excluding hydrogens is 383 g/mol. The standard InChI is InChI=1S/C19H17FN4O3S/c1-23(10-15-21-13-6-7-28-17(13)18(26)22-15)19(27)11-8-16(25)24(9-11)14-5-3-2-4-12(14)20/h2-7,11H,8-10H2,1H3,(H,21,22,26). The van der Waals surface area contributed by atoms with Crippen molar-refractivity contribution >= 4 is 39.1 Å². The Morgan fingerprint density at radius 3 is 2.93 bits per heavy atom. The smallest absolute Gasteiger partial charge is 0.268 e. The maximum absolute atomic E-state index is 14.0. The van der Waals surface area contributed by atoms with E-state index in [9.17, 15) is 18.8 Å². The number of aromatic amines is 1. The number of aromatic nitrogens is 2. The van der Waals surface area contributed by atoms with Crippen molar-refractivity contribution in [1.82, 2.24) is 14.9 Å². The van der Waals surface area contributed by atoms with Gasteiger partial charge >= 0.3 is 0 Å². The van der Waals surface area contributed by atoms with Gasteiger partial charge in [0.2, 0.25) is 11.8 Å². The summed E-state index contributed by atoms with van der Waals surface area (Å²) < 4.78 is 14.5. The Kier molecular flexibility index (Phi) is 4.68. The van der Waals surface area contributed by atoms with E-state index in [1.807, 2.05) is 0 Å². The second-order valence-electron chi connectivity index (χ2n) is 6.70. The third-order valence-corrected chi connectivity index (χ3v) is 5.65. The first-order valence-electron chi connectivity index (χ1n) is 8.70. The first kappa shape index (κ1) is 18.3. The van der Waals surface area contributed by atoms with E-state index < -0.39 is 11.7 Å². The van der Waals surface area contributed by atoms with Gasteiger partial charge in [-0.05, 0) is 23.6 Å². The molecule has 144 valence electrons. The number of hydrogen-bond donors (Lipinski definition) is 1. The SMILES string of the molecule is CN(Cc1nc2ccsc2c(=O)[nH]1)C(=O)C1CC(=O)N(c2ccccc2F)C1. The highest BCUT2D eigenvalue weighted by Crippen LogP contribution is 2.28. The highest BCUT2D eigenvalue weighted by atomic mass is 32.1. The van der Waals surface area contributed by atoms with E-state index in [0.29, 0.717) is 16.0 Å². The number of hydrogen-bond acceptors (Lipinski definition) is 5. The van der Waals surface area contributed by atoms with Crippen LogP contribution in [-0.4, -0.2) is 40.3 Å². The van der Waals surface area contributed by atoms with Crippen LogP contribution in [0.5, 0.6) is 0 Å². The van der Waals surface area contributed by atoms with Crippen molar-refractivity contribution < 1.29 is 14.0 Å². The van der Waals surface area contributed by atoms with Gasteiger partial charge in [0.05, 0.1) is 23.7 Å². The molecule has 0 spiro atoms. The summed E-state index contributed by atoms with van der Waals surface area (Å²) in [6.45, 7) is 0.237. The van der Waals surface area contributed by atoms with Crippen molar-refractivity contribution in [3.8, 4) is 0 Å². The van der Waals surface area contributed by atoms with E-state index in [1.165, 1.54) is 33.3 Å². The van der Waals surface area contributed by atoms with Gasteiger partial charge in [0, 0.05) is 20.0 Å². The molecule has 1 fully saturated rings. The van der Waals surface area contributed by atoms with E-state index in [0.717, 1.165) is 0 Å². The number of halogens is 1. The monoisotopic (exact) mass is 400 g/mol. The Morgan fingerprint density at radius 1 is 1.36 bits per heavy atom. The summed E-state index contributed by atoms with van der Waals surface area (Å²) in [7, 11) is 1.59. The molecule has 1 N–H and O–H groups in total. The van der Waals surface area contributed by atoms with Crippen molar-refractivity contribution in [2.24, 2.45) is 5.92 Å². The van der Waals surface area contributed by atoms with Crippen LogP contribution in [-0.2, 0) is 16.1 Å². The molecule has 1 aromatic carbocycles. The van der Waals surface area contributed by atoms with Gasteiger partial charge < -0.3 is 14.8 Å². The molecule has 1 aliphatic rings. The highest BCUT2D eigenvalue weighted by Gasteiger charge is 2.37. The summed E-state index contributed by atoms with van der Waals surface area (Å²) in [5.74, 6) is -1.23. The molecule has 0 radical (unpaired) electrons. The second kappa shape index (κ2) is 7.16. The lowest BCUT2D eigenvalue weighted by Gasteiger charge is -2.21. The molecule has 1 aliphatic heterocycles. The fourth-order valence-electron chi connectivity index (χ4n) is 3.39. The molecule has 9 heteroatoms. The Morgan fingerprint density at radius 2 is 2.14 bits per heavy atom. The number of anilines is 1. The van der Waals surface area contributed by atoms with E-state index in [-0.39, 0.29) is 42.6 Å². The number of benzene rings is 1. The molecule has 0 aliphatic carbocycles. The topological polar surface area (TPSA) is 86.4 Å². The zero-order chi connectivity index (χ0) is 19.8. The lowest BCUT2D eigenvalue weighted by Crippen LogP contribution is -2.35. The fraction of sp³-hybridized carbons (Fsp3) is 0.263. The molecule has 2 amide bonds. The molecule has 2 aromatic heterocycles. The number of rotatable bonds is 4. The number of thiophene rings is 1. The summed E-state index contributed by atoms with van der Waals surface area (Å²) in [5.41, 5.74) is 0.531. The maximum atomic E-state index is 14.0. The van der Waals surface area contributed by atoms with Gasteiger partial charge in [-0.25, -0.2) is 9.37 Å². The summed E-state index contributed by atoms with van der Waals surface area (Å²) in [6.07, 6.45) is 0.0189. The Balaban J connectivity index is 1.48. The van der Waals surface area contributed by atoms with Crippen molar-refractivity contribution in [1.29, 1.82) is 0 Å². The lowest BCUT2D eigenvalue weighted by molar-refractivity contribution is -0.135. The van der Waals surface area contributed by atoms with Gasteiger partial charge in [0.1, 0.15) is 16.3 Å². The zero-order valence-electron chi connectivity index (χ0n) is 15.0. The minimum absolute atomic E-state index is 0.0189. The molecule has 4 rings (SSSR count). The van der Waals surface area contributed by atoms with Crippen LogP contribution in [0.15, 0.2) is 40.5 Å². The Bertz CT molecular complexity index is 1130. The van der Waals surface area contributed by atoms with Crippen LogP contribution in [0.1, 0.15) is 12.2 Å². The average molecular weight is 400 g/mol. The summed E-state index contributed by atoms with van der Waals surface area (Å²) in [4.78, 5) is 47.0. The molecule has 1 atom stereocenters. The number of nitrogens with one attached hydrogen (secondary N) is 1. The lowest BCUT2D eigenvalue weighted by atomic mass is 10.1. The number of H-pyrrole nitrogens is 1. The molecular formula is C19H17FN4O3S. The fourth-order valence-corrected chi connectivity index (χ4v) is 4.11. The van der Waals surface area contributed by atoms with Crippen LogP contribution in [0, 0.1) is 11.7 Å². The van der Waals surface area contributed by atoms with E-state index in [4.69, 9.17) is 0 Å². The minimum atomic E-state index is -0.575. The number of nitrogens with zero attached hydrogens (tertiary/aromatic N) is 3. The van der Waals surface area contributed by atoms with Gasteiger partial charge in [0.15, 0.2) is 0 Å². The maximum Gasteiger partial charge on any atom is 0.268 e. The van der Waals surface area contributed by atoms with Gasteiger partial charge in [-0.1, -0.05) is 12.1 Å². The van der Waals surface area contributed by atoms with E-state index >= 15 is 0 Å². The van der Waals surface area contributed by atoms with Gasteiger partial charge in [-0.15, -0.1) is 11.3 Å². The third-order valence-electron chi connectivity index (χ3n) is 4.74. The molecule has 7 nitrogen and oxygen atoms in total. The number of carbonyl (C=O) groups excluding carboxylic acids is 2. The molecule has 3 aromatic rings. The molecule has 0 bridgehead atoms. The summed E-state index contributed by atoms with van der Waals surface area (Å²) in [6, 6.07) is 7.76. The van der Waals surface area contributed by atoms with Crippen molar-refractivity contribution in [3.05, 3.63) is 57.7 Å². The number of amides is 2. The van der Waals surface area contributed by atoms with Crippen molar-refractivity contribution in [2.45, 2.75) is 13.0 Å². The first-order valence-corrected chi connectivity index (χ1v) is 9.58.